The molecule has 0 spiro atoms. The first kappa shape index (κ1) is 25.9. The van der Waals surface area contributed by atoms with Gasteiger partial charge in [-0.1, -0.05) is 0 Å². The van der Waals surface area contributed by atoms with Gasteiger partial charge in [0.2, 0.25) is 18.8 Å². The van der Waals surface area contributed by atoms with Gasteiger partial charge in [-0.05, 0) is 37.1 Å². The molecule has 1 aliphatic heterocycles. The fraction of sp³-hybridized carbons (Fsp3) is 0.286. The number of aliphatic carboxylic acids is 2. The van der Waals surface area contributed by atoms with Crippen molar-refractivity contribution in [2.24, 2.45) is 0 Å². The Hall–Kier alpha value is -3.73. The first-order chi connectivity index (χ1) is 18.7. The number of carbonyl (C=O) groups is 5. The second-order valence-corrected chi connectivity index (χ2v) is 7.19. The SMILES string of the molecule is O.[2H]C1Nc2nc(N)[nH]c(=O)c2N(C=O)C1([2H])C([2H])([2H])N(C=O)c1ccc(C(=O)N[C@@H](CCC(=O)[O-])C(=O)[O-])cc1.[Ca+2]. The molecule has 7 N–H and O–H groups in total. The number of fused-ring (bicyclic) bond motifs is 1. The van der Waals surface area contributed by atoms with E-state index in [0.717, 1.165) is 24.3 Å². The van der Waals surface area contributed by atoms with Crippen molar-refractivity contribution in [3.63, 3.8) is 0 Å². The molecular formula is C21H23CaN7O9. The standard InChI is InChI=1S/C21H23N7O8.Ca.H2O/c22-21-25-17-16(19(34)26-21)28(10-30)13(7-23-17)8-27(9-29)12-3-1-11(2-4-12)18(33)24-14(20(35)36)5-6-15(31)32;;/h1-4,9-10,13-14H,5-8H2,(H,24,33)(H,31,32)(H,35,36)(H4,22,23,25,26,34);;1H2/q;+2;/p-2/t13?,14-;;/m0../s1/i7D,8D2,13D;;/t7?,13?,14-;;. The van der Waals surface area contributed by atoms with E-state index in [1.54, 1.807) is 0 Å². The summed E-state index contributed by atoms with van der Waals surface area (Å²) in [5.41, 5.74) is 3.40. The van der Waals surface area contributed by atoms with Crippen LogP contribution >= 0.6 is 0 Å². The van der Waals surface area contributed by atoms with Crippen molar-refractivity contribution in [2.75, 3.05) is 33.9 Å². The molecule has 0 saturated heterocycles. The monoisotopic (exact) mass is 561 g/mol. The number of carboxylic acid groups (broad SMARTS) is 2. The summed E-state index contributed by atoms with van der Waals surface area (Å²) in [5, 5.41) is 26.2. The summed E-state index contributed by atoms with van der Waals surface area (Å²) in [6.45, 7) is -5.22. The van der Waals surface area contributed by atoms with E-state index in [1.165, 1.54) is 0 Å². The number of benzene rings is 1. The molecule has 2 heterocycles. The molecule has 1 aromatic carbocycles. The fourth-order valence-electron chi connectivity index (χ4n) is 3.13. The van der Waals surface area contributed by atoms with Crippen LogP contribution in [0.3, 0.4) is 0 Å². The number of amides is 3. The Labute approximate surface area is 250 Å². The summed E-state index contributed by atoms with van der Waals surface area (Å²) in [4.78, 5) is 77.4. The van der Waals surface area contributed by atoms with Gasteiger partial charge in [0.25, 0.3) is 11.5 Å². The predicted molar refractivity (Wildman–Crippen MR) is 130 cm³/mol. The molecule has 0 saturated carbocycles. The number of nitrogens with zero attached hydrogens (tertiary/aromatic N) is 3. The smallest absolute Gasteiger partial charge is 0.550 e. The molecular weight excluding hydrogens is 534 g/mol. The van der Waals surface area contributed by atoms with Crippen LogP contribution in [0.25, 0.3) is 0 Å². The van der Waals surface area contributed by atoms with Gasteiger partial charge in [0.1, 0.15) is 0 Å². The number of hydrogen-bond acceptors (Lipinski definition) is 11. The Balaban J connectivity index is 0.00000441. The summed E-state index contributed by atoms with van der Waals surface area (Å²) in [6.07, 6.45) is -1.28. The molecule has 198 valence electrons. The van der Waals surface area contributed by atoms with E-state index in [-0.39, 0.29) is 79.1 Å². The zero-order chi connectivity index (χ0) is 30.0. The van der Waals surface area contributed by atoms with E-state index in [9.17, 15) is 39.0 Å². The van der Waals surface area contributed by atoms with Gasteiger partial charge in [0.15, 0.2) is 11.5 Å². The van der Waals surface area contributed by atoms with Crippen LogP contribution < -0.4 is 41.9 Å². The van der Waals surface area contributed by atoms with Crippen molar-refractivity contribution in [3.05, 3.63) is 40.2 Å². The van der Waals surface area contributed by atoms with Crippen LogP contribution in [0.1, 0.15) is 28.7 Å². The maximum Gasteiger partial charge on any atom is 2.00 e. The van der Waals surface area contributed by atoms with Crippen molar-refractivity contribution < 1.29 is 45.1 Å². The Morgan fingerprint density at radius 3 is 2.55 bits per heavy atom. The zero-order valence-electron chi connectivity index (χ0n) is 23.4. The van der Waals surface area contributed by atoms with Crippen LogP contribution in [-0.2, 0) is 19.2 Å². The van der Waals surface area contributed by atoms with Gasteiger partial charge in [-0.3, -0.25) is 24.2 Å². The first-order valence-corrected chi connectivity index (χ1v) is 10.1. The van der Waals surface area contributed by atoms with Gasteiger partial charge in [0, 0.05) is 30.2 Å². The van der Waals surface area contributed by atoms with E-state index < -0.39 is 67.0 Å². The minimum absolute atomic E-state index is 0. The number of rotatable bonds is 11. The number of nitrogens with two attached hydrogens (primary N) is 1. The maximum atomic E-state index is 12.5. The Bertz CT molecular complexity index is 1420. The van der Waals surface area contributed by atoms with E-state index in [4.69, 9.17) is 11.2 Å². The van der Waals surface area contributed by atoms with Crippen LogP contribution in [0.5, 0.6) is 0 Å². The number of aromatic nitrogens is 2. The van der Waals surface area contributed by atoms with Crippen LogP contribution in [0, 0.1) is 0 Å². The minimum Gasteiger partial charge on any atom is -0.550 e. The van der Waals surface area contributed by atoms with Crippen LogP contribution in [0.2, 0.25) is 0 Å². The third kappa shape index (κ3) is 7.64. The number of hydrogen-bond donors (Lipinski definition) is 4. The number of carbonyl (C=O) groups excluding carboxylic acids is 5. The molecule has 2 unspecified atom stereocenters. The van der Waals surface area contributed by atoms with Gasteiger partial charge in [0.05, 0.1) is 23.5 Å². The van der Waals surface area contributed by atoms with Crippen molar-refractivity contribution in [1.82, 2.24) is 15.3 Å². The van der Waals surface area contributed by atoms with Crippen LogP contribution in [0.4, 0.5) is 23.1 Å². The van der Waals surface area contributed by atoms with Crippen LogP contribution in [0.15, 0.2) is 29.1 Å². The summed E-state index contributed by atoms with van der Waals surface area (Å²) in [5.74, 6) is -4.98. The van der Waals surface area contributed by atoms with Gasteiger partial charge in [-0.25, -0.2) is 0 Å². The third-order valence-corrected chi connectivity index (χ3v) is 4.84. The average molecular weight is 562 g/mol. The number of carboxylic acids is 2. The van der Waals surface area contributed by atoms with Crippen molar-refractivity contribution in [3.8, 4) is 0 Å². The van der Waals surface area contributed by atoms with Crippen molar-refractivity contribution >= 4 is 91.5 Å². The number of anilines is 4. The molecule has 38 heavy (non-hydrogen) atoms. The van der Waals surface area contributed by atoms with E-state index >= 15 is 0 Å². The molecule has 0 aliphatic carbocycles. The molecule has 3 rings (SSSR count). The maximum absolute atomic E-state index is 12.5. The molecule has 0 fully saturated rings. The summed E-state index contributed by atoms with van der Waals surface area (Å²) >= 11 is 0. The van der Waals surface area contributed by atoms with Crippen molar-refractivity contribution in [2.45, 2.75) is 24.9 Å². The average Bonchev–Trinajstić information content (AvgIpc) is 2.87. The number of H-pyrrole nitrogens is 1. The van der Waals surface area contributed by atoms with Gasteiger partial charge in [-0.15, -0.1) is 0 Å². The van der Waals surface area contributed by atoms with Crippen molar-refractivity contribution in [1.29, 1.82) is 0 Å². The quantitative estimate of drug-likeness (QED) is 0.149. The van der Waals surface area contributed by atoms with Crippen LogP contribution in [-0.4, -0.2) is 109 Å². The summed E-state index contributed by atoms with van der Waals surface area (Å²) in [7, 11) is 0. The molecule has 16 nitrogen and oxygen atoms in total. The fourth-order valence-corrected chi connectivity index (χ4v) is 3.13. The Kier molecular flexibility index (Phi) is 9.73. The second kappa shape index (κ2) is 14.3. The molecule has 1 aliphatic rings. The molecule has 0 radical (unpaired) electrons. The number of nitrogen functional groups attached to an aromatic ring is 1. The Morgan fingerprint density at radius 2 is 2.00 bits per heavy atom. The van der Waals surface area contributed by atoms with Gasteiger partial charge < -0.3 is 51.4 Å². The van der Waals surface area contributed by atoms with E-state index in [2.05, 4.69) is 20.6 Å². The largest absolute Gasteiger partial charge is 2.00 e. The summed E-state index contributed by atoms with van der Waals surface area (Å²) < 4.78 is 34.5. The molecule has 3 amide bonds. The third-order valence-electron chi connectivity index (χ3n) is 4.84. The molecule has 0 bridgehead atoms. The predicted octanol–water partition coefficient (Wildman–Crippen LogP) is -5.06. The topological polar surface area (TPSA) is 265 Å². The molecule has 17 heteroatoms. The molecule has 3 atom stereocenters. The minimum atomic E-state index is -3.21. The van der Waals surface area contributed by atoms with E-state index in [1.807, 2.05) is 0 Å². The second-order valence-electron chi connectivity index (χ2n) is 7.19. The van der Waals surface area contributed by atoms with Gasteiger partial charge >= 0.3 is 37.7 Å². The van der Waals surface area contributed by atoms with Gasteiger partial charge in [-0.2, -0.15) is 4.98 Å². The zero-order valence-corrected chi connectivity index (χ0v) is 21.6. The number of nitrogens with one attached hydrogen (secondary N) is 3. The normalized spacial score (nSPS) is 20.1. The Morgan fingerprint density at radius 1 is 1.34 bits per heavy atom. The molecule has 1 aromatic heterocycles. The first-order valence-electron chi connectivity index (χ1n) is 12.2. The van der Waals surface area contributed by atoms with E-state index in [0.29, 0.717) is 9.80 Å². The number of aromatic amines is 1. The molecule has 2 aromatic rings. The summed E-state index contributed by atoms with van der Waals surface area (Å²) in [6, 6.07) is -0.385.